The van der Waals surface area contributed by atoms with Gasteiger partial charge in [-0.05, 0) is 6.42 Å². The van der Waals surface area contributed by atoms with Gasteiger partial charge in [-0.1, -0.05) is 32.6 Å². The van der Waals surface area contributed by atoms with Crippen LogP contribution in [0.15, 0.2) is 0 Å². The molecule has 0 atom stereocenters. The van der Waals surface area contributed by atoms with Crippen LogP contribution in [-0.2, 0) is 52.2 Å². The fraction of sp³-hybridized carbons (Fsp3) is 0.794. The number of hydrogen-bond donors (Lipinski definition) is 0. The summed E-state index contributed by atoms with van der Waals surface area (Å²) in [5.41, 5.74) is 0. The van der Waals surface area contributed by atoms with Crippen molar-refractivity contribution in [1.29, 1.82) is 0 Å². The zero-order chi connectivity index (χ0) is 37.2. The zero-order valence-corrected chi connectivity index (χ0v) is 29.7. The van der Waals surface area contributed by atoms with Crippen LogP contribution in [0.3, 0.4) is 0 Å². The van der Waals surface area contributed by atoms with Gasteiger partial charge in [-0.2, -0.15) is 8.78 Å². The molecule has 0 saturated heterocycles. The van der Waals surface area contributed by atoms with Gasteiger partial charge in [0.1, 0.15) is 0 Å². The van der Waals surface area contributed by atoms with Gasteiger partial charge in [-0.25, -0.2) is 13.2 Å². The van der Waals surface area contributed by atoms with Crippen LogP contribution in [0.4, 0.5) is 22.0 Å². The molecule has 1 rings (SSSR count). The maximum Gasteiger partial charge on any atom is 0.313 e. The number of esters is 1. The summed E-state index contributed by atoms with van der Waals surface area (Å²) in [6, 6.07) is 0. The molecule has 12 nitrogen and oxygen atoms in total. The fourth-order valence-corrected chi connectivity index (χ4v) is 3.88. The molecule has 17 heteroatoms. The minimum absolute atomic E-state index is 0.0838. The number of benzene rings is 1. The Morgan fingerprint density at radius 1 is 0.373 bits per heavy atom. The number of rotatable bonds is 37. The van der Waals surface area contributed by atoms with Crippen LogP contribution in [0.1, 0.15) is 45.4 Å². The van der Waals surface area contributed by atoms with E-state index in [1.807, 2.05) is 0 Å². The van der Waals surface area contributed by atoms with Crippen LogP contribution < -0.4 is 4.74 Å². The Bertz CT molecular complexity index is 967. The molecule has 0 amide bonds. The number of hydrogen-bond acceptors (Lipinski definition) is 12. The third kappa shape index (κ3) is 25.5. The van der Waals surface area contributed by atoms with E-state index in [2.05, 4.69) is 11.7 Å². The summed E-state index contributed by atoms with van der Waals surface area (Å²) in [6.07, 6.45) is 5.68. The molecule has 0 spiro atoms. The standard InChI is InChI=1S/C34H55F5O12/c1-2-3-4-5-6-8-41-10-12-43-14-16-45-18-20-47-22-24-49-26-27-50-25-23-48-21-19-46-17-15-44-13-11-42-9-7-28(40)51-34-32(38)30(36)29(35)31(37)33(34)39/h2-27H2,1H3. The molecule has 0 heterocycles. The third-order valence-corrected chi connectivity index (χ3v) is 6.58. The van der Waals surface area contributed by atoms with Crippen LogP contribution in [0.5, 0.6) is 5.75 Å². The topological polar surface area (TPSA) is 119 Å². The quantitative estimate of drug-likeness (QED) is 0.0232. The Hall–Kier alpha value is -2.06. The highest BCUT2D eigenvalue weighted by Gasteiger charge is 2.28. The molecule has 0 radical (unpaired) electrons. The van der Waals surface area contributed by atoms with E-state index in [-0.39, 0.29) is 26.4 Å². The molecular formula is C34H55F5O12. The van der Waals surface area contributed by atoms with Gasteiger partial charge < -0.3 is 52.1 Å². The van der Waals surface area contributed by atoms with Crippen molar-refractivity contribution >= 4 is 5.97 Å². The molecule has 0 aromatic heterocycles. The predicted molar refractivity (Wildman–Crippen MR) is 173 cm³/mol. The van der Waals surface area contributed by atoms with E-state index in [4.69, 9.17) is 47.4 Å². The fourth-order valence-electron chi connectivity index (χ4n) is 3.88. The summed E-state index contributed by atoms with van der Waals surface area (Å²) in [5.74, 6) is -14.1. The lowest BCUT2D eigenvalue weighted by atomic mass is 10.2. The molecule has 0 aliphatic heterocycles. The lowest BCUT2D eigenvalue weighted by molar-refractivity contribution is -0.136. The highest BCUT2D eigenvalue weighted by molar-refractivity contribution is 5.72. The smallest absolute Gasteiger partial charge is 0.313 e. The van der Waals surface area contributed by atoms with Crippen molar-refractivity contribution < 1.29 is 78.9 Å². The Morgan fingerprint density at radius 2 is 0.647 bits per heavy atom. The van der Waals surface area contributed by atoms with E-state index < -0.39 is 47.2 Å². The second-order valence-corrected chi connectivity index (χ2v) is 10.7. The monoisotopic (exact) mass is 750 g/mol. The average molecular weight is 751 g/mol. The van der Waals surface area contributed by atoms with Crippen molar-refractivity contribution in [3.8, 4) is 5.75 Å². The van der Waals surface area contributed by atoms with Crippen LogP contribution in [0, 0.1) is 29.1 Å². The molecule has 0 saturated carbocycles. The van der Waals surface area contributed by atoms with Gasteiger partial charge in [0.05, 0.1) is 132 Å². The van der Waals surface area contributed by atoms with Gasteiger partial charge >= 0.3 is 5.97 Å². The van der Waals surface area contributed by atoms with E-state index >= 15 is 0 Å². The van der Waals surface area contributed by atoms with Gasteiger partial charge in [0.25, 0.3) is 0 Å². The Balaban J connectivity index is 1.73. The first-order valence-electron chi connectivity index (χ1n) is 17.4. The number of carbonyl (C=O) groups is 1. The highest BCUT2D eigenvalue weighted by Crippen LogP contribution is 2.29. The summed E-state index contributed by atoms with van der Waals surface area (Å²) in [5, 5.41) is 0. The zero-order valence-electron chi connectivity index (χ0n) is 29.7. The minimum atomic E-state index is -2.35. The first-order chi connectivity index (χ1) is 24.9. The van der Waals surface area contributed by atoms with E-state index in [1.165, 1.54) is 25.7 Å². The molecule has 0 N–H and O–H groups in total. The van der Waals surface area contributed by atoms with Crippen molar-refractivity contribution in [2.45, 2.75) is 45.4 Å². The number of ether oxygens (including phenoxy) is 11. The van der Waals surface area contributed by atoms with Crippen LogP contribution in [-0.4, -0.2) is 138 Å². The number of unbranched alkanes of at least 4 members (excludes halogenated alkanes) is 4. The molecular weight excluding hydrogens is 695 g/mol. The Morgan fingerprint density at radius 3 is 0.980 bits per heavy atom. The van der Waals surface area contributed by atoms with Crippen molar-refractivity contribution in [2.75, 3.05) is 132 Å². The molecule has 51 heavy (non-hydrogen) atoms. The van der Waals surface area contributed by atoms with Crippen LogP contribution >= 0.6 is 0 Å². The van der Waals surface area contributed by atoms with Gasteiger partial charge in [-0.15, -0.1) is 0 Å². The van der Waals surface area contributed by atoms with Crippen LogP contribution in [0.2, 0.25) is 0 Å². The largest absolute Gasteiger partial charge is 0.420 e. The maximum absolute atomic E-state index is 13.5. The van der Waals surface area contributed by atoms with Crippen LogP contribution in [0.25, 0.3) is 0 Å². The van der Waals surface area contributed by atoms with Gasteiger partial charge in [0.2, 0.25) is 34.8 Å². The lowest BCUT2D eigenvalue weighted by Crippen LogP contribution is -2.16. The highest BCUT2D eigenvalue weighted by atomic mass is 19.2. The number of carbonyl (C=O) groups excluding carboxylic acids is 1. The molecule has 1 aromatic rings. The molecule has 0 bridgehead atoms. The van der Waals surface area contributed by atoms with Gasteiger partial charge in [0, 0.05) is 6.61 Å². The lowest BCUT2D eigenvalue weighted by Gasteiger charge is -2.09. The van der Waals surface area contributed by atoms with E-state index in [0.29, 0.717) is 99.1 Å². The predicted octanol–water partition coefficient (Wildman–Crippen LogP) is 4.81. The van der Waals surface area contributed by atoms with E-state index in [9.17, 15) is 26.7 Å². The van der Waals surface area contributed by atoms with Crippen molar-refractivity contribution in [3.05, 3.63) is 29.1 Å². The first kappa shape index (κ1) is 47.0. The van der Waals surface area contributed by atoms with Crippen molar-refractivity contribution in [2.24, 2.45) is 0 Å². The van der Waals surface area contributed by atoms with Gasteiger partial charge in [0.15, 0.2) is 0 Å². The summed E-state index contributed by atoms with van der Waals surface area (Å²) in [6.45, 7) is 10.3. The SMILES string of the molecule is CCCCCCCOCCOCCOCCOCCOCCOCCOCCOCCOCCOCCC(=O)Oc1c(F)c(F)c(F)c(F)c1F. The van der Waals surface area contributed by atoms with E-state index in [0.717, 1.165) is 13.0 Å². The molecule has 0 aliphatic rings. The summed E-state index contributed by atoms with van der Waals surface area (Å²) in [4.78, 5) is 11.6. The molecule has 0 aliphatic carbocycles. The molecule has 1 aromatic carbocycles. The molecule has 0 fully saturated rings. The summed E-state index contributed by atoms with van der Waals surface area (Å²) < 4.78 is 125. The van der Waals surface area contributed by atoms with E-state index in [1.54, 1.807) is 0 Å². The maximum atomic E-state index is 13.5. The summed E-state index contributed by atoms with van der Waals surface area (Å²) >= 11 is 0. The van der Waals surface area contributed by atoms with Gasteiger partial charge in [-0.3, -0.25) is 4.79 Å². The second kappa shape index (κ2) is 33.8. The number of halogens is 5. The minimum Gasteiger partial charge on any atom is -0.420 e. The Kier molecular flexibility index (Phi) is 31.1. The molecule has 0 unspecified atom stereocenters. The normalized spacial score (nSPS) is 11.5. The molecule has 298 valence electrons. The average Bonchev–Trinajstić information content (AvgIpc) is 3.13. The summed E-state index contributed by atoms with van der Waals surface area (Å²) in [7, 11) is 0. The van der Waals surface area contributed by atoms with Crippen molar-refractivity contribution in [1.82, 2.24) is 0 Å². The Labute approximate surface area is 297 Å². The first-order valence-corrected chi connectivity index (χ1v) is 17.4. The second-order valence-electron chi connectivity index (χ2n) is 10.7. The van der Waals surface area contributed by atoms with Crippen molar-refractivity contribution in [3.63, 3.8) is 0 Å². The third-order valence-electron chi connectivity index (χ3n) is 6.58.